The lowest BCUT2D eigenvalue weighted by Crippen LogP contribution is -2.51. The third kappa shape index (κ3) is 11.5. The highest BCUT2D eigenvalue weighted by Crippen LogP contribution is 2.29. The maximum atomic E-state index is 12.8. The van der Waals surface area contributed by atoms with E-state index in [0.29, 0.717) is 24.7 Å². The van der Waals surface area contributed by atoms with Gasteiger partial charge in [-0.15, -0.1) is 0 Å². The van der Waals surface area contributed by atoms with Gasteiger partial charge in [-0.1, -0.05) is 56.0 Å². The Hall–Kier alpha value is -2.78. The van der Waals surface area contributed by atoms with Crippen LogP contribution in [0.2, 0.25) is 0 Å². The van der Waals surface area contributed by atoms with Crippen LogP contribution < -0.4 is 15.8 Å². The number of nitrogens with zero attached hydrogens (tertiary/aromatic N) is 2. The SMILES string of the molecule is N=C(N)N(CCCCN1CCNCC1CCCCCCCOc1ccccc1)Cc1ccc(C(F)(F)F)cc1. The maximum absolute atomic E-state index is 12.8. The standard InChI is InChI=1S/C30H44F3N5O/c31-30(32,33)26-16-14-25(15-17-26)24-38(29(34)35)20-9-8-19-37-21-18-36-23-27(37)11-5-2-1-3-10-22-39-28-12-6-4-7-13-28/h4,6-7,12-17,27,36H,1-3,5,8-11,18-24H2,(H3,34,35). The van der Waals surface area contributed by atoms with Gasteiger partial charge in [0.15, 0.2) is 5.96 Å². The zero-order chi connectivity index (χ0) is 27.9. The van der Waals surface area contributed by atoms with Gasteiger partial charge in [-0.25, -0.2) is 0 Å². The molecule has 39 heavy (non-hydrogen) atoms. The van der Waals surface area contributed by atoms with E-state index in [1.807, 2.05) is 30.3 Å². The number of unbranched alkanes of at least 4 members (excludes halogenated alkanes) is 5. The molecule has 2 aromatic rings. The Bertz CT molecular complexity index is 955. The van der Waals surface area contributed by atoms with Gasteiger partial charge in [0, 0.05) is 38.8 Å². The van der Waals surface area contributed by atoms with Crippen LogP contribution in [0.1, 0.15) is 62.5 Å². The minimum atomic E-state index is -4.35. The van der Waals surface area contributed by atoms with Gasteiger partial charge in [0.05, 0.1) is 12.2 Å². The van der Waals surface area contributed by atoms with Crippen molar-refractivity contribution in [2.75, 3.05) is 39.3 Å². The van der Waals surface area contributed by atoms with Crippen LogP contribution >= 0.6 is 0 Å². The molecule has 1 atom stereocenters. The molecular weight excluding hydrogens is 503 g/mol. The number of para-hydroxylation sites is 1. The Morgan fingerprint density at radius 1 is 0.974 bits per heavy atom. The van der Waals surface area contributed by atoms with Crippen molar-refractivity contribution < 1.29 is 17.9 Å². The summed E-state index contributed by atoms with van der Waals surface area (Å²) in [5.41, 5.74) is 5.81. The smallest absolute Gasteiger partial charge is 0.416 e. The van der Waals surface area contributed by atoms with Crippen molar-refractivity contribution in [3.63, 3.8) is 0 Å². The Kier molecular flexibility index (Phi) is 12.9. The number of benzene rings is 2. The second-order valence-corrected chi connectivity index (χ2v) is 10.3. The average molecular weight is 548 g/mol. The number of piperazine rings is 1. The van der Waals surface area contributed by atoms with E-state index in [1.54, 1.807) is 4.90 Å². The molecule has 3 rings (SSSR count). The van der Waals surface area contributed by atoms with Gasteiger partial charge in [-0.2, -0.15) is 13.2 Å². The molecule has 1 saturated heterocycles. The Morgan fingerprint density at radius 3 is 2.41 bits per heavy atom. The van der Waals surface area contributed by atoms with E-state index in [9.17, 15) is 13.2 Å². The van der Waals surface area contributed by atoms with Crippen LogP contribution in [-0.2, 0) is 12.7 Å². The van der Waals surface area contributed by atoms with Gasteiger partial charge >= 0.3 is 6.18 Å². The third-order valence-corrected chi connectivity index (χ3v) is 7.28. The summed E-state index contributed by atoms with van der Waals surface area (Å²) in [6.45, 7) is 5.81. The van der Waals surface area contributed by atoms with Gasteiger partial charge in [-0.05, 0) is 62.1 Å². The number of ether oxygens (including phenoxy) is 1. The van der Waals surface area contributed by atoms with E-state index in [4.69, 9.17) is 15.9 Å². The molecule has 9 heteroatoms. The van der Waals surface area contributed by atoms with Crippen molar-refractivity contribution in [2.24, 2.45) is 5.73 Å². The predicted molar refractivity (Wildman–Crippen MR) is 151 cm³/mol. The van der Waals surface area contributed by atoms with E-state index in [-0.39, 0.29) is 5.96 Å². The molecule has 0 saturated carbocycles. The van der Waals surface area contributed by atoms with Crippen LogP contribution in [0, 0.1) is 5.41 Å². The van der Waals surface area contributed by atoms with Crippen molar-refractivity contribution in [2.45, 2.75) is 70.1 Å². The lowest BCUT2D eigenvalue weighted by molar-refractivity contribution is -0.137. The topological polar surface area (TPSA) is 77.6 Å². The summed E-state index contributed by atoms with van der Waals surface area (Å²) in [5, 5.41) is 11.4. The highest BCUT2D eigenvalue weighted by molar-refractivity contribution is 5.74. The van der Waals surface area contributed by atoms with Crippen molar-refractivity contribution in [3.8, 4) is 5.75 Å². The average Bonchev–Trinajstić information content (AvgIpc) is 2.92. The summed E-state index contributed by atoms with van der Waals surface area (Å²) in [6, 6.07) is 15.6. The number of alkyl halides is 3. The second kappa shape index (κ2) is 16.4. The molecule has 1 aliphatic heterocycles. The van der Waals surface area contributed by atoms with Crippen LogP contribution in [0.15, 0.2) is 54.6 Å². The number of halogens is 3. The Labute approximate surface area is 231 Å². The maximum Gasteiger partial charge on any atom is 0.416 e. The third-order valence-electron chi connectivity index (χ3n) is 7.28. The van der Waals surface area contributed by atoms with Crippen molar-refractivity contribution in [1.82, 2.24) is 15.1 Å². The number of nitrogens with two attached hydrogens (primary N) is 1. The summed E-state index contributed by atoms with van der Waals surface area (Å²) in [4.78, 5) is 4.31. The predicted octanol–water partition coefficient (Wildman–Crippen LogP) is 5.87. The lowest BCUT2D eigenvalue weighted by Gasteiger charge is -2.36. The van der Waals surface area contributed by atoms with Crippen molar-refractivity contribution >= 4 is 5.96 Å². The minimum Gasteiger partial charge on any atom is -0.494 e. The van der Waals surface area contributed by atoms with Gasteiger partial charge < -0.3 is 20.7 Å². The Balaban J connectivity index is 1.29. The fourth-order valence-electron chi connectivity index (χ4n) is 5.02. The molecule has 1 heterocycles. The van der Waals surface area contributed by atoms with Crippen LogP contribution in [0.3, 0.4) is 0 Å². The molecule has 6 nitrogen and oxygen atoms in total. The number of rotatable bonds is 16. The fraction of sp³-hybridized carbons (Fsp3) is 0.567. The van der Waals surface area contributed by atoms with Crippen LogP contribution in [0.4, 0.5) is 13.2 Å². The molecule has 1 fully saturated rings. The van der Waals surface area contributed by atoms with E-state index in [2.05, 4.69) is 10.2 Å². The first-order valence-corrected chi connectivity index (χ1v) is 14.2. The molecule has 0 radical (unpaired) electrons. The van der Waals surface area contributed by atoms with Crippen LogP contribution in [0.25, 0.3) is 0 Å². The molecule has 216 valence electrons. The Morgan fingerprint density at radius 2 is 1.69 bits per heavy atom. The normalized spacial score (nSPS) is 16.2. The summed E-state index contributed by atoms with van der Waals surface area (Å²) in [6.07, 6.45) is 4.70. The molecule has 0 aromatic heterocycles. The van der Waals surface area contributed by atoms with Crippen molar-refractivity contribution in [1.29, 1.82) is 5.41 Å². The largest absolute Gasteiger partial charge is 0.494 e. The molecule has 0 spiro atoms. The molecular formula is C30H44F3N5O. The van der Waals surface area contributed by atoms with Crippen molar-refractivity contribution in [3.05, 3.63) is 65.7 Å². The molecule has 1 aliphatic rings. The van der Waals surface area contributed by atoms with E-state index in [1.165, 1.54) is 44.2 Å². The molecule has 0 bridgehead atoms. The summed E-state index contributed by atoms with van der Waals surface area (Å²) in [7, 11) is 0. The minimum absolute atomic E-state index is 0.0541. The van der Waals surface area contributed by atoms with E-state index < -0.39 is 11.7 Å². The zero-order valence-electron chi connectivity index (χ0n) is 22.9. The second-order valence-electron chi connectivity index (χ2n) is 10.3. The molecule has 1 unspecified atom stereocenters. The first-order chi connectivity index (χ1) is 18.8. The number of hydrogen-bond donors (Lipinski definition) is 3. The zero-order valence-corrected chi connectivity index (χ0v) is 22.9. The highest BCUT2D eigenvalue weighted by atomic mass is 19.4. The van der Waals surface area contributed by atoms with Gasteiger partial charge in [0.25, 0.3) is 0 Å². The first kappa shape index (κ1) is 30.8. The van der Waals surface area contributed by atoms with Crippen LogP contribution in [-0.4, -0.2) is 61.1 Å². The van der Waals surface area contributed by atoms with Gasteiger partial charge in [0.1, 0.15) is 5.75 Å². The number of guanidine groups is 1. The number of nitrogens with one attached hydrogen (secondary N) is 2. The van der Waals surface area contributed by atoms with Gasteiger partial charge in [0.2, 0.25) is 0 Å². The summed E-state index contributed by atoms with van der Waals surface area (Å²) >= 11 is 0. The first-order valence-electron chi connectivity index (χ1n) is 14.2. The monoisotopic (exact) mass is 547 g/mol. The van der Waals surface area contributed by atoms with E-state index >= 15 is 0 Å². The van der Waals surface area contributed by atoms with E-state index in [0.717, 1.165) is 69.9 Å². The molecule has 0 amide bonds. The quantitative estimate of drug-likeness (QED) is 0.139. The fourth-order valence-corrected chi connectivity index (χ4v) is 5.02. The number of hydrogen-bond acceptors (Lipinski definition) is 4. The molecule has 2 aromatic carbocycles. The molecule has 0 aliphatic carbocycles. The van der Waals surface area contributed by atoms with Crippen LogP contribution in [0.5, 0.6) is 5.75 Å². The lowest BCUT2D eigenvalue weighted by atomic mass is 10.0. The summed E-state index contributed by atoms with van der Waals surface area (Å²) < 4.78 is 44.2. The summed E-state index contributed by atoms with van der Waals surface area (Å²) in [5.74, 6) is 0.886. The highest BCUT2D eigenvalue weighted by Gasteiger charge is 2.30. The van der Waals surface area contributed by atoms with Gasteiger partial charge in [-0.3, -0.25) is 10.3 Å². The molecule has 4 N–H and O–H groups in total.